The molecular formula is C27H39FN2O4S. The molecular weight excluding hydrogens is 467 g/mol. The van der Waals surface area contributed by atoms with Crippen LogP contribution in [0.15, 0.2) is 30.3 Å². The minimum absolute atomic E-state index is 0.0398. The number of aryl methyl sites for hydroxylation is 1. The van der Waals surface area contributed by atoms with Gasteiger partial charge in [-0.15, -0.1) is 0 Å². The Morgan fingerprint density at radius 3 is 2.46 bits per heavy atom. The number of pyridine rings is 1. The monoisotopic (exact) mass is 506 g/mol. The van der Waals surface area contributed by atoms with Crippen molar-refractivity contribution in [2.24, 2.45) is 0 Å². The number of unbranched alkanes of at least 4 members (excludes halogenated alkanes) is 3. The Kier molecular flexibility index (Phi) is 10.2. The fourth-order valence-corrected chi connectivity index (χ4v) is 4.21. The third-order valence-corrected chi connectivity index (χ3v) is 6.45. The van der Waals surface area contributed by atoms with Crippen molar-refractivity contribution >= 4 is 21.5 Å². The van der Waals surface area contributed by atoms with E-state index in [1.807, 2.05) is 12.1 Å². The summed E-state index contributed by atoms with van der Waals surface area (Å²) in [5.41, 5.74) is 2.06. The molecule has 0 saturated carbocycles. The lowest BCUT2D eigenvalue weighted by Crippen LogP contribution is -2.16. The highest BCUT2D eigenvalue weighted by molar-refractivity contribution is 7.92. The van der Waals surface area contributed by atoms with Crippen LogP contribution in [0.1, 0.15) is 89.5 Å². The Balaban J connectivity index is 2.10. The number of benzene rings is 1. The molecule has 1 atom stereocenters. The smallest absolute Gasteiger partial charge is 0.229 e. The van der Waals surface area contributed by atoms with Gasteiger partial charge in [-0.3, -0.25) is 9.52 Å². The van der Waals surface area contributed by atoms with Gasteiger partial charge in [-0.2, -0.15) is 0 Å². The number of ether oxygens (including phenoxy) is 1. The molecule has 0 fully saturated rings. The van der Waals surface area contributed by atoms with E-state index in [-0.39, 0.29) is 23.3 Å². The number of hydrogen-bond acceptors (Lipinski definition) is 5. The van der Waals surface area contributed by atoms with Crippen molar-refractivity contribution < 1.29 is 22.3 Å². The fourth-order valence-electron chi connectivity index (χ4n) is 3.64. The molecule has 8 heteroatoms. The Hall–Kier alpha value is -2.48. The molecule has 194 valence electrons. The zero-order valence-electron chi connectivity index (χ0n) is 21.8. The highest BCUT2D eigenvalue weighted by atomic mass is 32.2. The van der Waals surface area contributed by atoms with E-state index in [2.05, 4.69) is 32.4 Å². The van der Waals surface area contributed by atoms with Crippen molar-refractivity contribution in [1.29, 1.82) is 0 Å². The van der Waals surface area contributed by atoms with E-state index in [0.29, 0.717) is 24.5 Å². The van der Waals surface area contributed by atoms with Crippen molar-refractivity contribution in [2.75, 3.05) is 17.6 Å². The first kappa shape index (κ1) is 28.8. The second-order valence-corrected chi connectivity index (χ2v) is 11.9. The van der Waals surface area contributed by atoms with Crippen molar-refractivity contribution in [3.05, 3.63) is 53.0 Å². The van der Waals surface area contributed by atoms with E-state index in [1.54, 1.807) is 13.0 Å². The number of carbonyl (C=O) groups excluding carboxylic acids is 1. The molecule has 1 N–H and O–H groups in total. The first-order chi connectivity index (χ1) is 16.3. The van der Waals surface area contributed by atoms with Crippen LogP contribution in [0.3, 0.4) is 0 Å². The summed E-state index contributed by atoms with van der Waals surface area (Å²) in [7, 11) is -3.59. The molecule has 0 aliphatic rings. The minimum Gasteiger partial charge on any atom is -0.477 e. The maximum absolute atomic E-state index is 14.4. The molecule has 0 radical (unpaired) electrons. The lowest BCUT2D eigenvalue weighted by molar-refractivity contribution is -0.120. The Morgan fingerprint density at radius 1 is 1.14 bits per heavy atom. The Morgan fingerprint density at radius 2 is 1.86 bits per heavy atom. The molecule has 0 aliphatic heterocycles. The number of hydrogen-bond donors (Lipinski definition) is 1. The largest absolute Gasteiger partial charge is 0.477 e. The molecule has 1 aromatic heterocycles. The van der Waals surface area contributed by atoms with Gasteiger partial charge in [0.1, 0.15) is 11.6 Å². The van der Waals surface area contributed by atoms with E-state index in [4.69, 9.17) is 9.72 Å². The van der Waals surface area contributed by atoms with Gasteiger partial charge in [0.05, 0.1) is 18.6 Å². The van der Waals surface area contributed by atoms with E-state index >= 15 is 0 Å². The maximum atomic E-state index is 14.4. The van der Waals surface area contributed by atoms with Crippen molar-refractivity contribution in [1.82, 2.24) is 4.98 Å². The first-order valence-corrected chi connectivity index (χ1v) is 14.1. The van der Waals surface area contributed by atoms with Crippen LogP contribution in [0, 0.1) is 5.82 Å². The number of aromatic nitrogens is 1. The van der Waals surface area contributed by atoms with Gasteiger partial charge in [0.15, 0.2) is 0 Å². The molecule has 0 aliphatic carbocycles. The predicted molar refractivity (Wildman–Crippen MR) is 139 cm³/mol. The van der Waals surface area contributed by atoms with Crippen LogP contribution in [0.5, 0.6) is 5.88 Å². The normalized spacial score (nSPS) is 12.9. The van der Waals surface area contributed by atoms with Gasteiger partial charge >= 0.3 is 0 Å². The van der Waals surface area contributed by atoms with Crippen molar-refractivity contribution in [3.8, 4) is 5.88 Å². The van der Waals surface area contributed by atoms with E-state index in [0.717, 1.165) is 36.8 Å². The van der Waals surface area contributed by atoms with Gasteiger partial charge in [0.25, 0.3) is 0 Å². The zero-order chi connectivity index (χ0) is 26.2. The SMILES string of the molecule is CCCCCCOc1nc(C(C)(C)C)ccc1CCC(=O)C(C)c1ccc(NS(C)(=O)=O)c(F)c1. The number of rotatable bonds is 13. The quantitative estimate of drug-likeness (QED) is 0.329. The highest BCUT2D eigenvalue weighted by Gasteiger charge is 2.21. The zero-order valence-corrected chi connectivity index (χ0v) is 22.6. The Bertz CT molecular complexity index is 1110. The number of nitrogens with zero attached hydrogens (tertiary/aromatic N) is 1. The molecule has 0 bridgehead atoms. The number of carbonyl (C=O) groups is 1. The van der Waals surface area contributed by atoms with Crippen LogP contribution in [-0.4, -0.2) is 32.0 Å². The molecule has 1 aromatic carbocycles. The molecule has 2 rings (SSSR count). The predicted octanol–water partition coefficient (Wildman–Crippen LogP) is 6.15. The molecule has 1 heterocycles. The maximum Gasteiger partial charge on any atom is 0.229 e. The summed E-state index contributed by atoms with van der Waals surface area (Å²) in [6.07, 6.45) is 6.08. The van der Waals surface area contributed by atoms with Gasteiger partial charge in [-0.1, -0.05) is 66.0 Å². The summed E-state index contributed by atoms with van der Waals surface area (Å²) in [6, 6.07) is 8.09. The summed E-state index contributed by atoms with van der Waals surface area (Å²) in [5, 5.41) is 0. The number of anilines is 1. The summed E-state index contributed by atoms with van der Waals surface area (Å²) in [6.45, 7) is 10.8. The number of halogens is 1. The molecule has 0 saturated heterocycles. The van der Waals surface area contributed by atoms with Crippen LogP contribution >= 0.6 is 0 Å². The minimum atomic E-state index is -3.59. The lowest BCUT2D eigenvalue weighted by Gasteiger charge is -2.20. The van der Waals surface area contributed by atoms with Gasteiger partial charge < -0.3 is 4.74 Å². The van der Waals surface area contributed by atoms with Crippen LogP contribution in [0.25, 0.3) is 0 Å². The summed E-state index contributed by atoms with van der Waals surface area (Å²) in [4.78, 5) is 17.7. The number of nitrogens with one attached hydrogen (secondary N) is 1. The number of sulfonamides is 1. The average molecular weight is 507 g/mol. The second-order valence-electron chi connectivity index (χ2n) is 10.1. The van der Waals surface area contributed by atoms with E-state index < -0.39 is 21.8 Å². The van der Waals surface area contributed by atoms with Crippen LogP contribution < -0.4 is 9.46 Å². The summed E-state index contributed by atoms with van der Waals surface area (Å²) in [5.74, 6) is -0.705. The third kappa shape index (κ3) is 9.24. The van der Waals surface area contributed by atoms with Gasteiger partial charge in [-0.25, -0.2) is 17.8 Å². The van der Waals surface area contributed by atoms with Gasteiger partial charge in [-0.05, 0) is 36.6 Å². The molecule has 0 spiro atoms. The third-order valence-electron chi connectivity index (χ3n) is 5.86. The van der Waals surface area contributed by atoms with Crippen molar-refractivity contribution in [2.45, 2.75) is 84.5 Å². The van der Waals surface area contributed by atoms with Crippen molar-refractivity contribution in [3.63, 3.8) is 0 Å². The van der Waals surface area contributed by atoms with Crippen LogP contribution in [0.4, 0.5) is 10.1 Å². The lowest BCUT2D eigenvalue weighted by atomic mass is 9.90. The van der Waals surface area contributed by atoms with Crippen LogP contribution in [0.2, 0.25) is 0 Å². The summed E-state index contributed by atoms with van der Waals surface area (Å²) < 4.78 is 45.3. The summed E-state index contributed by atoms with van der Waals surface area (Å²) >= 11 is 0. The van der Waals surface area contributed by atoms with Gasteiger partial charge in [0.2, 0.25) is 15.9 Å². The average Bonchev–Trinajstić information content (AvgIpc) is 2.77. The Labute approximate surface area is 209 Å². The van der Waals surface area contributed by atoms with E-state index in [9.17, 15) is 17.6 Å². The van der Waals surface area contributed by atoms with Gasteiger partial charge in [0, 0.05) is 29.0 Å². The first-order valence-electron chi connectivity index (χ1n) is 12.2. The molecule has 35 heavy (non-hydrogen) atoms. The fraction of sp³-hybridized carbons (Fsp3) is 0.556. The number of Topliss-reactive ketones (excluding diaryl/α,β-unsaturated/α-hetero) is 1. The highest BCUT2D eigenvalue weighted by Crippen LogP contribution is 2.28. The van der Waals surface area contributed by atoms with Crippen LogP contribution in [-0.2, 0) is 26.7 Å². The molecule has 6 nitrogen and oxygen atoms in total. The standard InChI is InChI=1S/C27H39FN2O4S/c1-7-8-9-10-17-34-26-20(13-16-25(29-26)27(3,4)5)12-15-24(31)19(2)21-11-14-23(22(28)18-21)30-35(6,32)33/h11,13-14,16,18-19,30H,7-10,12,15,17H2,1-6H3. The molecule has 2 aromatic rings. The van der Waals surface area contributed by atoms with E-state index in [1.165, 1.54) is 18.6 Å². The number of ketones is 1. The molecule has 0 amide bonds. The molecule has 1 unspecified atom stereocenters. The second kappa shape index (κ2) is 12.5. The topological polar surface area (TPSA) is 85.4 Å².